The molecule has 0 atom stereocenters. The largest absolute Gasteiger partial charge is 0.366 e. The van der Waals surface area contributed by atoms with E-state index >= 15 is 0 Å². The van der Waals surface area contributed by atoms with E-state index < -0.39 is 17.4 Å². The zero-order valence-electron chi connectivity index (χ0n) is 14.6. The molecular formula is C19H23N3O3. The fourth-order valence-electron chi connectivity index (χ4n) is 2.52. The molecule has 0 saturated carbocycles. The van der Waals surface area contributed by atoms with Crippen LogP contribution in [0.25, 0.3) is 0 Å². The highest BCUT2D eigenvalue weighted by atomic mass is 16.2. The van der Waals surface area contributed by atoms with Gasteiger partial charge in [-0.3, -0.25) is 14.4 Å². The molecule has 0 saturated heterocycles. The van der Waals surface area contributed by atoms with E-state index in [9.17, 15) is 14.4 Å². The molecule has 6 heteroatoms. The van der Waals surface area contributed by atoms with Crippen LogP contribution in [0.15, 0.2) is 47.4 Å². The molecule has 0 aliphatic rings. The average molecular weight is 341 g/mol. The maximum atomic E-state index is 12.7. The van der Waals surface area contributed by atoms with Gasteiger partial charge in [-0.05, 0) is 18.1 Å². The van der Waals surface area contributed by atoms with E-state index in [-0.39, 0.29) is 17.7 Å². The Morgan fingerprint density at radius 2 is 1.88 bits per heavy atom. The molecule has 25 heavy (non-hydrogen) atoms. The number of unbranched alkanes of at least 4 members (excludes halogenated alkanes) is 1. The first-order valence-corrected chi connectivity index (χ1v) is 8.27. The highest BCUT2D eigenvalue weighted by molar-refractivity contribution is 5.98. The van der Waals surface area contributed by atoms with Gasteiger partial charge in [0.05, 0.1) is 12.1 Å². The van der Waals surface area contributed by atoms with Crippen LogP contribution < -0.4 is 11.3 Å². The van der Waals surface area contributed by atoms with Crippen LogP contribution in [0.4, 0.5) is 0 Å². The molecule has 2 aromatic rings. The Morgan fingerprint density at radius 3 is 2.48 bits per heavy atom. The van der Waals surface area contributed by atoms with Crippen LogP contribution in [-0.4, -0.2) is 34.9 Å². The first-order chi connectivity index (χ1) is 11.9. The summed E-state index contributed by atoms with van der Waals surface area (Å²) >= 11 is 0. The molecule has 0 bridgehead atoms. The van der Waals surface area contributed by atoms with E-state index in [2.05, 4.69) is 0 Å². The summed E-state index contributed by atoms with van der Waals surface area (Å²) in [5.74, 6) is -1.07. The Balaban J connectivity index is 2.44. The van der Waals surface area contributed by atoms with Crippen molar-refractivity contribution in [2.75, 3.05) is 13.6 Å². The van der Waals surface area contributed by atoms with Crippen molar-refractivity contribution < 1.29 is 9.59 Å². The van der Waals surface area contributed by atoms with Crippen molar-refractivity contribution in [2.45, 2.75) is 26.3 Å². The number of primary amides is 1. The summed E-state index contributed by atoms with van der Waals surface area (Å²) < 4.78 is 1.36. The van der Waals surface area contributed by atoms with Gasteiger partial charge < -0.3 is 15.2 Å². The molecule has 0 aliphatic carbocycles. The van der Waals surface area contributed by atoms with E-state index in [4.69, 9.17) is 5.73 Å². The minimum Gasteiger partial charge on any atom is -0.366 e. The minimum atomic E-state index is -0.674. The summed E-state index contributed by atoms with van der Waals surface area (Å²) in [7, 11) is 1.65. The van der Waals surface area contributed by atoms with E-state index in [1.54, 1.807) is 7.05 Å². The summed E-state index contributed by atoms with van der Waals surface area (Å²) in [6, 6.07) is 10.6. The van der Waals surface area contributed by atoms with Gasteiger partial charge in [0.2, 0.25) is 5.91 Å². The molecule has 0 radical (unpaired) electrons. The molecule has 1 heterocycles. The lowest BCUT2D eigenvalue weighted by atomic mass is 10.1. The lowest BCUT2D eigenvalue weighted by Gasteiger charge is -2.18. The molecule has 0 unspecified atom stereocenters. The quantitative estimate of drug-likeness (QED) is 0.834. The van der Waals surface area contributed by atoms with Gasteiger partial charge in [0.15, 0.2) is 0 Å². The van der Waals surface area contributed by atoms with Gasteiger partial charge in [0.1, 0.15) is 5.56 Å². The lowest BCUT2D eigenvalue weighted by Crippen LogP contribution is -2.36. The zero-order valence-corrected chi connectivity index (χ0v) is 14.6. The third kappa shape index (κ3) is 4.56. The Bertz CT molecular complexity index is 812. The van der Waals surface area contributed by atoms with Crippen molar-refractivity contribution in [1.29, 1.82) is 0 Å². The molecule has 0 spiro atoms. The topological polar surface area (TPSA) is 85.4 Å². The minimum absolute atomic E-state index is 0.0363. The maximum Gasteiger partial charge on any atom is 0.263 e. The summed E-state index contributed by atoms with van der Waals surface area (Å²) in [5.41, 5.74) is 5.94. The Kier molecular flexibility index (Phi) is 6.11. The monoisotopic (exact) mass is 341 g/mol. The Labute approximate surface area is 146 Å². The number of nitrogens with zero attached hydrogens (tertiary/aromatic N) is 2. The molecular weight excluding hydrogens is 318 g/mol. The number of carbonyl (C=O) groups excluding carboxylic acids is 2. The van der Waals surface area contributed by atoms with Gasteiger partial charge >= 0.3 is 0 Å². The number of benzene rings is 1. The SMILES string of the molecule is CCCCN(C)C(=O)c1cc(C(N)=O)cn(Cc2ccccc2)c1=O. The predicted molar refractivity (Wildman–Crippen MR) is 96.6 cm³/mol. The first kappa shape index (κ1) is 18.4. The van der Waals surface area contributed by atoms with Crippen LogP contribution in [0.5, 0.6) is 0 Å². The van der Waals surface area contributed by atoms with E-state index in [0.717, 1.165) is 18.4 Å². The molecule has 6 nitrogen and oxygen atoms in total. The molecule has 0 fully saturated rings. The number of aromatic nitrogens is 1. The first-order valence-electron chi connectivity index (χ1n) is 8.27. The van der Waals surface area contributed by atoms with Crippen LogP contribution in [0, 0.1) is 0 Å². The maximum absolute atomic E-state index is 12.7. The van der Waals surface area contributed by atoms with Crippen LogP contribution in [0.3, 0.4) is 0 Å². The third-order valence-electron chi connectivity index (χ3n) is 3.99. The normalized spacial score (nSPS) is 10.5. The number of amides is 2. The van der Waals surface area contributed by atoms with Crippen LogP contribution >= 0.6 is 0 Å². The van der Waals surface area contributed by atoms with Gasteiger partial charge in [-0.15, -0.1) is 0 Å². The van der Waals surface area contributed by atoms with Crippen LogP contribution in [0.1, 0.15) is 46.0 Å². The van der Waals surface area contributed by atoms with Crippen molar-refractivity contribution in [2.24, 2.45) is 5.73 Å². The van der Waals surface area contributed by atoms with Crippen molar-refractivity contribution in [3.63, 3.8) is 0 Å². The number of hydrogen-bond acceptors (Lipinski definition) is 3. The highest BCUT2D eigenvalue weighted by Gasteiger charge is 2.19. The van der Waals surface area contributed by atoms with Gasteiger partial charge in [0, 0.05) is 19.8 Å². The summed E-state index contributed by atoms with van der Waals surface area (Å²) in [4.78, 5) is 38.5. The second-order valence-electron chi connectivity index (χ2n) is 6.01. The van der Waals surface area contributed by atoms with Crippen molar-refractivity contribution in [3.05, 3.63) is 69.6 Å². The van der Waals surface area contributed by atoms with Crippen molar-refractivity contribution in [1.82, 2.24) is 9.47 Å². The third-order valence-corrected chi connectivity index (χ3v) is 3.99. The second kappa shape index (κ2) is 8.28. The smallest absolute Gasteiger partial charge is 0.263 e. The number of pyridine rings is 1. The number of carbonyl (C=O) groups is 2. The molecule has 2 rings (SSSR count). The van der Waals surface area contributed by atoms with Crippen LogP contribution in [0.2, 0.25) is 0 Å². The van der Waals surface area contributed by atoms with Crippen molar-refractivity contribution in [3.8, 4) is 0 Å². The molecule has 132 valence electrons. The average Bonchev–Trinajstić information content (AvgIpc) is 2.61. The number of rotatable bonds is 7. The number of hydrogen-bond donors (Lipinski definition) is 1. The number of nitrogens with two attached hydrogens (primary N) is 1. The van der Waals surface area contributed by atoms with Gasteiger partial charge in [0.25, 0.3) is 11.5 Å². The molecule has 1 aromatic heterocycles. The van der Waals surface area contributed by atoms with E-state index in [0.29, 0.717) is 6.54 Å². The summed E-state index contributed by atoms with van der Waals surface area (Å²) in [6.07, 6.45) is 3.19. The molecule has 2 N–H and O–H groups in total. The molecule has 2 amide bonds. The Hall–Kier alpha value is -2.89. The van der Waals surface area contributed by atoms with E-state index in [1.807, 2.05) is 37.3 Å². The standard InChI is InChI=1S/C19H23N3O3/c1-3-4-10-21(2)18(24)16-11-15(17(20)23)13-22(19(16)25)12-14-8-6-5-7-9-14/h5-9,11,13H,3-4,10,12H2,1-2H3,(H2,20,23). The van der Waals surface area contributed by atoms with Gasteiger partial charge in [-0.2, -0.15) is 0 Å². The summed E-state index contributed by atoms with van der Waals surface area (Å²) in [5, 5.41) is 0. The predicted octanol–water partition coefficient (Wildman–Crippen LogP) is 1.87. The van der Waals surface area contributed by atoms with Crippen molar-refractivity contribution >= 4 is 11.8 Å². The fraction of sp³-hybridized carbons (Fsp3) is 0.316. The summed E-state index contributed by atoms with van der Waals surface area (Å²) in [6.45, 7) is 2.84. The van der Waals surface area contributed by atoms with Crippen LogP contribution in [-0.2, 0) is 6.54 Å². The Morgan fingerprint density at radius 1 is 1.20 bits per heavy atom. The van der Waals surface area contributed by atoms with Gasteiger partial charge in [-0.25, -0.2) is 0 Å². The van der Waals surface area contributed by atoms with E-state index in [1.165, 1.54) is 21.7 Å². The zero-order chi connectivity index (χ0) is 18.4. The fourth-order valence-corrected chi connectivity index (χ4v) is 2.52. The molecule has 0 aliphatic heterocycles. The lowest BCUT2D eigenvalue weighted by molar-refractivity contribution is 0.0791. The highest BCUT2D eigenvalue weighted by Crippen LogP contribution is 2.07. The van der Waals surface area contributed by atoms with Gasteiger partial charge in [-0.1, -0.05) is 43.7 Å². The molecule has 1 aromatic carbocycles. The second-order valence-corrected chi connectivity index (χ2v) is 6.01.